The van der Waals surface area contributed by atoms with Crippen molar-refractivity contribution in [3.63, 3.8) is 0 Å². The van der Waals surface area contributed by atoms with Crippen molar-refractivity contribution in [1.82, 2.24) is 9.84 Å². The van der Waals surface area contributed by atoms with Crippen LogP contribution in [0.15, 0.2) is 0 Å². The fourth-order valence-electron chi connectivity index (χ4n) is 1.79. The number of nitrogens with one attached hydrogen (secondary N) is 1. The lowest BCUT2D eigenvalue weighted by Gasteiger charge is -2.27. The third kappa shape index (κ3) is 5.45. The van der Waals surface area contributed by atoms with Crippen LogP contribution < -0.4 is 5.43 Å². The molecule has 0 aromatic heterocycles. The van der Waals surface area contributed by atoms with Gasteiger partial charge in [0.15, 0.2) is 0 Å². The Morgan fingerprint density at radius 3 is 2.00 bits per heavy atom. The maximum atomic E-state index is 12.1. The molecule has 0 saturated carbocycles. The molecule has 1 aliphatic heterocycles. The Morgan fingerprint density at radius 2 is 1.55 bits per heavy atom. The Labute approximate surface area is 131 Å². The number of carbonyl (C=O) groups is 2. The van der Waals surface area contributed by atoms with E-state index in [9.17, 15) is 18.0 Å². The Bertz CT molecular complexity index is 544. The van der Waals surface area contributed by atoms with Gasteiger partial charge in [0.2, 0.25) is 10.0 Å². The van der Waals surface area contributed by atoms with Crippen molar-refractivity contribution in [2.45, 2.75) is 65.2 Å². The molecule has 0 aromatic carbocycles. The van der Waals surface area contributed by atoms with Crippen LogP contribution in [-0.2, 0) is 24.3 Å². The van der Waals surface area contributed by atoms with Crippen LogP contribution in [0.3, 0.4) is 0 Å². The standard InChI is InChI=1S/C13H24N2O6S/c1-12(2,3)20-10(16)9-7-8-22(18,19)15(9)14-11(17)21-13(4,5)6/h9H,7-8H2,1-6H3,(H,14,17). The predicted molar refractivity (Wildman–Crippen MR) is 79.2 cm³/mol. The number of hydrogen-bond donors (Lipinski definition) is 1. The summed E-state index contributed by atoms with van der Waals surface area (Å²) in [7, 11) is -3.77. The molecule has 1 rings (SSSR count). The van der Waals surface area contributed by atoms with Crippen LogP contribution in [0.1, 0.15) is 48.0 Å². The minimum absolute atomic E-state index is 0.0487. The summed E-state index contributed by atoms with van der Waals surface area (Å²) in [6, 6.07) is -1.09. The van der Waals surface area contributed by atoms with Gasteiger partial charge in [0, 0.05) is 0 Å². The molecule has 0 aliphatic carbocycles. The SMILES string of the molecule is CC(C)(C)OC(=O)NN1C(C(=O)OC(C)(C)C)CCS1(=O)=O. The lowest BCUT2D eigenvalue weighted by molar-refractivity contribution is -0.159. The smallest absolute Gasteiger partial charge is 0.423 e. The summed E-state index contributed by atoms with van der Waals surface area (Å²) in [5.74, 6) is -0.947. The summed E-state index contributed by atoms with van der Waals surface area (Å²) < 4.78 is 34.8. The summed E-state index contributed by atoms with van der Waals surface area (Å²) >= 11 is 0. The van der Waals surface area contributed by atoms with Gasteiger partial charge in [-0.05, 0) is 48.0 Å². The monoisotopic (exact) mass is 336 g/mol. The minimum Gasteiger partial charge on any atom is -0.459 e. The average Bonchev–Trinajstić information content (AvgIpc) is 2.49. The number of ether oxygens (including phenoxy) is 2. The lowest BCUT2D eigenvalue weighted by Crippen LogP contribution is -2.52. The first kappa shape index (κ1) is 18.7. The maximum absolute atomic E-state index is 12.1. The summed E-state index contributed by atoms with van der Waals surface area (Å²) in [4.78, 5) is 23.9. The topological polar surface area (TPSA) is 102 Å². The van der Waals surface area contributed by atoms with Crippen LogP contribution in [0.5, 0.6) is 0 Å². The van der Waals surface area contributed by atoms with Crippen molar-refractivity contribution in [2.75, 3.05) is 5.75 Å². The molecule has 128 valence electrons. The van der Waals surface area contributed by atoms with Gasteiger partial charge in [0.25, 0.3) is 0 Å². The molecule has 1 atom stereocenters. The van der Waals surface area contributed by atoms with Crippen molar-refractivity contribution < 1.29 is 27.5 Å². The molecule has 8 nitrogen and oxygen atoms in total. The lowest BCUT2D eigenvalue weighted by atomic mass is 10.2. The molecule has 9 heteroatoms. The van der Waals surface area contributed by atoms with Crippen molar-refractivity contribution in [2.24, 2.45) is 0 Å². The summed E-state index contributed by atoms with van der Waals surface area (Å²) in [5, 5.41) is 0. The zero-order chi connectivity index (χ0) is 17.3. The molecular weight excluding hydrogens is 312 g/mol. The zero-order valence-electron chi connectivity index (χ0n) is 13.8. The second kappa shape index (κ2) is 6.04. The maximum Gasteiger partial charge on any atom is 0.423 e. The van der Waals surface area contributed by atoms with Gasteiger partial charge in [-0.2, -0.15) is 0 Å². The van der Waals surface area contributed by atoms with E-state index in [1.165, 1.54) is 0 Å². The van der Waals surface area contributed by atoms with E-state index in [2.05, 4.69) is 5.43 Å². The first-order chi connectivity index (χ1) is 9.71. The fourth-order valence-corrected chi connectivity index (χ4v) is 3.30. The van der Waals surface area contributed by atoms with Crippen LogP contribution in [0.4, 0.5) is 4.79 Å². The van der Waals surface area contributed by atoms with E-state index < -0.39 is 39.3 Å². The van der Waals surface area contributed by atoms with E-state index in [1.54, 1.807) is 41.5 Å². The van der Waals surface area contributed by atoms with Crippen molar-refractivity contribution >= 4 is 22.1 Å². The Hall–Kier alpha value is -1.35. The first-order valence-corrected chi connectivity index (χ1v) is 8.57. The quantitative estimate of drug-likeness (QED) is 0.760. The molecule has 1 amide bonds. The molecule has 0 radical (unpaired) electrons. The Balaban J connectivity index is 2.87. The van der Waals surface area contributed by atoms with Gasteiger partial charge < -0.3 is 9.47 Å². The predicted octanol–water partition coefficient (Wildman–Crippen LogP) is 1.17. The van der Waals surface area contributed by atoms with Crippen LogP contribution in [0.2, 0.25) is 0 Å². The number of amides is 1. The van der Waals surface area contributed by atoms with E-state index >= 15 is 0 Å². The van der Waals surface area contributed by atoms with Crippen LogP contribution in [-0.4, -0.2) is 47.9 Å². The molecule has 0 bridgehead atoms. The third-order valence-corrected chi connectivity index (χ3v) is 4.21. The van der Waals surface area contributed by atoms with E-state index in [0.717, 1.165) is 0 Å². The largest absolute Gasteiger partial charge is 0.459 e. The van der Waals surface area contributed by atoms with Crippen molar-refractivity contribution in [3.05, 3.63) is 0 Å². The van der Waals surface area contributed by atoms with Gasteiger partial charge in [-0.1, -0.05) is 4.41 Å². The second-order valence-corrected chi connectivity index (χ2v) is 9.03. The van der Waals surface area contributed by atoms with Crippen molar-refractivity contribution in [3.8, 4) is 0 Å². The molecule has 1 saturated heterocycles. The molecule has 1 N–H and O–H groups in total. The number of nitrogens with zero attached hydrogens (tertiary/aromatic N) is 1. The highest BCUT2D eigenvalue weighted by atomic mass is 32.2. The summed E-state index contributed by atoms with van der Waals surface area (Å²) in [6.45, 7) is 9.99. The number of hydrogen-bond acceptors (Lipinski definition) is 6. The molecular formula is C13H24N2O6S. The van der Waals surface area contributed by atoms with Crippen LogP contribution in [0, 0.1) is 0 Å². The molecule has 22 heavy (non-hydrogen) atoms. The Morgan fingerprint density at radius 1 is 1.05 bits per heavy atom. The molecule has 1 fully saturated rings. The fraction of sp³-hybridized carbons (Fsp3) is 0.846. The van der Waals surface area contributed by atoms with Gasteiger partial charge in [-0.3, -0.25) is 4.79 Å². The van der Waals surface area contributed by atoms with Crippen LogP contribution in [0.25, 0.3) is 0 Å². The van der Waals surface area contributed by atoms with E-state index in [1.807, 2.05) is 0 Å². The van der Waals surface area contributed by atoms with Gasteiger partial charge in [0.05, 0.1) is 5.75 Å². The number of sulfonamides is 1. The first-order valence-electron chi connectivity index (χ1n) is 6.96. The van der Waals surface area contributed by atoms with Gasteiger partial charge in [-0.15, -0.1) is 0 Å². The van der Waals surface area contributed by atoms with E-state index in [4.69, 9.17) is 9.47 Å². The number of esters is 1. The average molecular weight is 336 g/mol. The van der Waals surface area contributed by atoms with Gasteiger partial charge >= 0.3 is 12.1 Å². The minimum atomic E-state index is -3.77. The van der Waals surface area contributed by atoms with E-state index in [0.29, 0.717) is 4.41 Å². The highest BCUT2D eigenvalue weighted by molar-refractivity contribution is 7.89. The van der Waals surface area contributed by atoms with Gasteiger partial charge in [0.1, 0.15) is 17.2 Å². The molecule has 0 aromatic rings. The summed E-state index contributed by atoms with van der Waals surface area (Å²) in [5.41, 5.74) is 0.594. The van der Waals surface area contributed by atoms with E-state index in [-0.39, 0.29) is 12.2 Å². The second-order valence-electron chi connectivity index (χ2n) is 7.06. The number of hydrazine groups is 1. The zero-order valence-corrected chi connectivity index (χ0v) is 14.6. The Kier molecular flexibility index (Phi) is 5.13. The molecule has 1 aliphatic rings. The molecule has 1 heterocycles. The normalized spacial score (nSPS) is 22.2. The third-order valence-electron chi connectivity index (χ3n) is 2.51. The summed E-state index contributed by atoms with van der Waals surface area (Å²) in [6.07, 6.45) is -0.890. The van der Waals surface area contributed by atoms with Crippen molar-refractivity contribution in [1.29, 1.82) is 0 Å². The number of carbonyl (C=O) groups excluding carboxylic acids is 2. The number of rotatable bonds is 2. The molecule has 1 unspecified atom stereocenters. The highest BCUT2D eigenvalue weighted by Gasteiger charge is 2.45. The van der Waals surface area contributed by atoms with Gasteiger partial charge in [-0.25, -0.2) is 18.6 Å². The highest BCUT2D eigenvalue weighted by Crippen LogP contribution is 2.22. The van der Waals surface area contributed by atoms with Crippen LogP contribution >= 0.6 is 0 Å². The molecule has 0 spiro atoms.